The predicted molar refractivity (Wildman–Crippen MR) is 54.3 cm³/mol. The summed E-state index contributed by atoms with van der Waals surface area (Å²) in [5.41, 5.74) is 0. The van der Waals surface area contributed by atoms with Crippen LogP contribution in [0.25, 0.3) is 0 Å². The first kappa shape index (κ1) is 12.0. The molecule has 0 amide bonds. The van der Waals surface area contributed by atoms with E-state index >= 15 is 0 Å². The maximum absolute atomic E-state index is 5.99. The van der Waals surface area contributed by atoms with Gasteiger partial charge >= 0.3 is 0 Å². The molecule has 11 heavy (non-hydrogen) atoms. The molecule has 0 aromatic heterocycles. The summed E-state index contributed by atoms with van der Waals surface area (Å²) >= 11 is 17.4. The summed E-state index contributed by atoms with van der Waals surface area (Å²) in [6.45, 7) is 1.28. The molecule has 0 aliphatic heterocycles. The number of rotatable bonds is 6. The van der Waals surface area contributed by atoms with E-state index in [4.69, 9.17) is 38.5 Å². The highest BCUT2D eigenvalue weighted by Crippen LogP contribution is 2.24. The first-order valence-electron chi connectivity index (χ1n) is 3.64. The summed E-state index contributed by atoms with van der Waals surface area (Å²) in [4.78, 5) is 0. The van der Waals surface area contributed by atoms with Crippen LogP contribution >= 0.6 is 33.8 Å². The molecule has 0 atom stereocenters. The summed E-state index contributed by atoms with van der Waals surface area (Å²) in [5.74, 6) is 0.533. The molecule has 1 nitrogen and oxygen atoms in total. The molecule has 0 heterocycles. The average molecular weight is 236 g/mol. The van der Waals surface area contributed by atoms with Crippen LogP contribution in [0.1, 0.15) is 6.92 Å². The summed E-state index contributed by atoms with van der Waals surface area (Å²) in [7, 11) is 0. The Balaban J connectivity index is 3.23. The van der Waals surface area contributed by atoms with Gasteiger partial charge in [-0.3, -0.25) is 0 Å². The summed E-state index contributed by atoms with van der Waals surface area (Å²) < 4.78 is 5.15. The number of hydrogen-bond acceptors (Lipinski definition) is 1. The minimum atomic E-state index is -1.95. The Bertz CT molecular complexity index is 99.8. The maximum Gasteiger partial charge on any atom is 0.253 e. The third kappa shape index (κ3) is 7.41. The van der Waals surface area contributed by atoms with Gasteiger partial charge in [-0.1, -0.05) is 6.92 Å². The van der Waals surface area contributed by atoms with Crippen molar-refractivity contribution in [3.8, 4) is 0 Å². The zero-order valence-electron chi connectivity index (χ0n) is 6.58. The van der Waals surface area contributed by atoms with Crippen molar-refractivity contribution in [1.82, 2.24) is 0 Å². The highest BCUT2D eigenvalue weighted by molar-refractivity contribution is 7.45. The molecule has 0 aliphatic carbocycles. The Kier molecular flexibility index (Phi) is 7.17. The normalized spacial score (nSPS) is 12.0. The monoisotopic (exact) mass is 234 g/mol. The van der Waals surface area contributed by atoms with Crippen molar-refractivity contribution in [2.24, 2.45) is 0 Å². The van der Waals surface area contributed by atoms with Crippen LogP contribution in [0.2, 0.25) is 12.1 Å². The van der Waals surface area contributed by atoms with Gasteiger partial charge in [-0.05, 0) is 12.1 Å². The molecule has 0 unspecified atom stereocenters. The maximum atomic E-state index is 5.99. The third-order valence-electron chi connectivity index (χ3n) is 1.35. The fourth-order valence-electron chi connectivity index (χ4n) is 0.555. The van der Waals surface area contributed by atoms with E-state index < -0.39 is 6.69 Å². The summed E-state index contributed by atoms with van der Waals surface area (Å²) in [5, 5.41) is 0. The molecule has 0 aromatic rings. The molecule has 0 aromatic carbocycles. The average Bonchev–Trinajstić information content (AvgIpc) is 1.99. The van der Waals surface area contributed by atoms with E-state index in [9.17, 15) is 0 Å². The Hall–Kier alpha value is 1.05. The van der Waals surface area contributed by atoms with Gasteiger partial charge in [0.05, 0.1) is 6.61 Å². The lowest BCUT2D eigenvalue weighted by Crippen LogP contribution is -2.19. The van der Waals surface area contributed by atoms with E-state index in [-0.39, 0.29) is 0 Å². The lowest BCUT2D eigenvalue weighted by molar-refractivity contribution is 0.163. The van der Waals surface area contributed by atoms with Crippen LogP contribution in [0.3, 0.4) is 0 Å². The first-order chi connectivity index (χ1) is 5.12. The van der Waals surface area contributed by atoms with Crippen LogP contribution in [-0.2, 0) is 4.74 Å². The minimum absolute atomic E-state index is 0.533. The highest BCUT2D eigenvalue weighted by Gasteiger charge is 2.24. The number of hydrogen-bond donors (Lipinski definition) is 0. The second kappa shape index (κ2) is 6.55. The van der Waals surface area contributed by atoms with Gasteiger partial charge in [-0.15, -0.1) is 33.8 Å². The van der Waals surface area contributed by atoms with E-state index in [1.54, 1.807) is 0 Å². The van der Waals surface area contributed by atoms with Gasteiger partial charge in [0.15, 0.2) is 0 Å². The first-order valence-corrected chi connectivity index (χ1v) is 8.61. The van der Waals surface area contributed by atoms with E-state index in [1.807, 2.05) is 6.92 Å². The van der Waals surface area contributed by atoms with Crippen molar-refractivity contribution in [3.63, 3.8) is 0 Å². The van der Waals surface area contributed by atoms with Crippen molar-refractivity contribution in [3.05, 3.63) is 0 Å². The van der Waals surface area contributed by atoms with Crippen molar-refractivity contribution in [2.45, 2.75) is 19.0 Å². The fraction of sp³-hybridized carbons (Fsp3) is 1.00. The van der Waals surface area contributed by atoms with Crippen molar-refractivity contribution in [1.29, 1.82) is 0 Å². The van der Waals surface area contributed by atoms with Gasteiger partial charge in [0.2, 0.25) is 0 Å². The molecule has 0 N–H and O–H groups in total. The van der Waals surface area contributed by atoms with Crippen molar-refractivity contribution < 1.29 is 4.74 Å². The van der Waals surface area contributed by atoms with Crippen LogP contribution in [-0.4, -0.2) is 25.8 Å². The Morgan fingerprint density at radius 3 is 2.36 bits per heavy atom. The molecule has 5 heteroatoms. The molecular weight excluding hydrogens is 223 g/mol. The number of alkyl halides is 1. The molecule has 0 rings (SSSR count). The highest BCUT2D eigenvalue weighted by atomic mass is 35.7. The van der Waals surface area contributed by atoms with Gasteiger partial charge in [0, 0.05) is 12.5 Å². The van der Waals surface area contributed by atoms with E-state index in [2.05, 4.69) is 0 Å². The molecule has 0 spiro atoms. The van der Waals surface area contributed by atoms with E-state index in [1.165, 1.54) is 0 Å². The smallest absolute Gasteiger partial charge is 0.253 e. The van der Waals surface area contributed by atoms with Gasteiger partial charge in [-0.25, -0.2) is 0 Å². The summed E-state index contributed by atoms with van der Waals surface area (Å²) in [6.07, 6.45) is 0. The van der Waals surface area contributed by atoms with Crippen LogP contribution in [0.15, 0.2) is 0 Å². The van der Waals surface area contributed by atoms with Crippen molar-refractivity contribution in [2.75, 3.05) is 19.1 Å². The lowest BCUT2D eigenvalue weighted by Gasteiger charge is -2.13. The standard InChI is InChI=1S/C6H13Cl3OSi/c1-2-11(8,9)6-5-10-4-3-7/h2-6H2,1H3. The SMILES string of the molecule is CC[Si](Cl)(Cl)CCOCCCl. The molecule has 0 radical (unpaired) electrons. The van der Waals surface area contributed by atoms with Crippen LogP contribution in [0, 0.1) is 0 Å². The third-order valence-corrected chi connectivity index (χ3v) is 6.21. The van der Waals surface area contributed by atoms with Gasteiger partial charge in [0.25, 0.3) is 6.69 Å². The molecule has 68 valence electrons. The second-order valence-corrected chi connectivity index (χ2v) is 10.5. The largest absolute Gasteiger partial charge is 0.380 e. The quantitative estimate of drug-likeness (QED) is 0.297. The Morgan fingerprint density at radius 2 is 1.91 bits per heavy atom. The molecule has 0 aliphatic rings. The van der Waals surface area contributed by atoms with Crippen LogP contribution in [0.5, 0.6) is 0 Å². The zero-order valence-corrected chi connectivity index (χ0v) is 9.85. The molecule has 0 bridgehead atoms. The Labute approximate surface area is 83.4 Å². The fourth-order valence-corrected chi connectivity index (χ4v) is 1.92. The lowest BCUT2D eigenvalue weighted by atomic mass is 10.8. The van der Waals surface area contributed by atoms with Gasteiger partial charge in [-0.2, -0.15) is 0 Å². The van der Waals surface area contributed by atoms with Crippen LogP contribution in [0.4, 0.5) is 0 Å². The molecule has 0 saturated heterocycles. The zero-order chi connectivity index (χ0) is 8.74. The predicted octanol–water partition coefficient (Wildman–Crippen LogP) is 3.18. The van der Waals surface area contributed by atoms with Gasteiger partial charge < -0.3 is 4.74 Å². The van der Waals surface area contributed by atoms with Gasteiger partial charge in [0.1, 0.15) is 0 Å². The number of halogens is 3. The minimum Gasteiger partial charge on any atom is -0.380 e. The van der Waals surface area contributed by atoms with Crippen molar-refractivity contribution >= 4 is 40.5 Å². The topological polar surface area (TPSA) is 9.23 Å². The number of ether oxygens (including phenoxy) is 1. The van der Waals surface area contributed by atoms with E-state index in [0.29, 0.717) is 19.1 Å². The van der Waals surface area contributed by atoms with Crippen LogP contribution < -0.4 is 0 Å². The Morgan fingerprint density at radius 1 is 1.27 bits per heavy atom. The molecule has 0 saturated carbocycles. The molecular formula is C6H13Cl3OSi. The van der Waals surface area contributed by atoms with E-state index in [0.717, 1.165) is 12.1 Å². The summed E-state index contributed by atoms with van der Waals surface area (Å²) in [6, 6.07) is 1.67. The second-order valence-electron chi connectivity index (χ2n) is 2.26. The molecule has 0 fully saturated rings.